The fourth-order valence-corrected chi connectivity index (χ4v) is 1.02. The van der Waals surface area contributed by atoms with E-state index in [9.17, 15) is 14.4 Å². The second kappa shape index (κ2) is 3.79. The zero-order valence-corrected chi connectivity index (χ0v) is 7.43. The van der Waals surface area contributed by atoms with Crippen molar-refractivity contribution in [3.63, 3.8) is 0 Å². The van der Waals surface area contributed by atoms with Gasteiger partial charge in [-0.15, -0.1) is 0 Å². The Balaban J connectivity index is 3.19. The van der Waals surface area contributed by atoms with Gasteiger partial charge in [0.15, 0.2) is 0 Å². The molecule has 0 bridgehead atoms. The molecule has 0 fully saturated rings. The molecule has 0 unspecified atom stereocenters. The lowest BCUT2D eigenvalue weighted by molar-refractivity contribution is -0.131. The number of anilines is 1. The minimum absolute atomic E-state index is 0.102. The first-order chi connectivity index (χ1) is 6.93. The van der Waals surface area contributed by atoms with E-state index in [1.807, 2.05) is 0 Å². The number of carbonyl (C=O) groups excluding carboxylic acids is 1. The van der Waals surface area contributed by atoms with E-state index in [1.165, 1.54) is 0 Å². The number of carbonyl (C=O) groups is 3. The second-order valence-electron chi connectivity index (χ2n) is 2.74. The highest BCUT2D eigenvalue weighted by atomic mass is 16.4. The molecule has 0 saturated heterocycles. The van der Waals surface area contributed by atoms with Crippen LogP contribution in [-0.2, 0) is 4.79 Å². The van der Waals surface area contributed by atoms with Gasteiger partial charge in [-0.3, -0.25) is 4.79 Å². The quantitative estimate of drug-likeness (QED) is 0.372. The lowest BCUT2D eigenvalue weighted by Crippen LogP contribution is -2.15. The Bertz CT molecular complexity index is 452. The third-order valence-electron chi connectivity index (χ3n) is 1.74. The van der Waals surface area contributed by atoms with Crippen molar-refractivity contribution in [2.75, 3.05) is 5.73 Å². The van der Waals surface area contributed by atoms with Gasteiger partial charge in [0.1, 0.15) is 0 Å². The maximum absolute atomic E-state index is 11.0. The summed E-state index contributed by atoms with van der Waals surface area (Å²) >= 11 is 0. The molecule has 0 amide bonds. The summed E-state index contributed by atoms with van der Waals surface area (Å²) in [4.78, 5) is 31.9. The largest absolute Gasteiger partial charge is 0.478 e. The van der Waals surface area contributed by atoms with E-state index in [-0.39, 0.29) is 16.8 Å². The van der Waals surface area contributed by atoms with Gasteiger partial charge in [0.25, 0.3) is 5.78 Å². The topological polar surface area (TPSA) is 118 Å². The van der Waals surface area contributed by atoms with Gasteiger partial charge in [-0.1, -0.05) is 0 Å². The van der Waals surface area contributed by atoms with Crippen LogP contribution in [0.15, 0.2) is 18.2 Å². The molecule has 0 spiro atoms. The number of nitrogen functional groups attached to an aromatic ring is 1. The van der Waals surface area contributed by atoms with E-state index >= 15 is 0 Å². The Hall–Kier alpha value is -2.37. The summed E-state index contributed by atoms with van der Waals surface area (Å²) in [5.41, 5.74) is 4.87. The van der Waals surface area contributed by atoms with Gasteiger partial charge < -0.3 is 15.9 Å². The van der Waals surface area contributed by atoms with Crippen molar-refractivity contribution in [1.29, 1.82) is 0 Å². The number of benzene rings is 1. The third-order valence-corrected chi connectivity index (χ3v) is 1.74. The molecule has 0 aromatic heterocycles. The first-order valence-corrected chi connectivity index (χ1v) is 3.84. The zero-order valence-electron chi connectivity index (χ0n) is 7.43. The number of nitrogens with two attached hydrogens (primary N) is 1. The summed E-state index contributed by atoms with van der Waals surface area (Å²) in [6.07, 6.45) is 0. The van der Waals surface area contributed by atoms with Crippen LogP contribution < -0.4 is 5.73 Å². The van der Waals surface area contributed by atoms with Crippen molar-refractivity contribution in [1.82, 2.24) is 0 Å². The van der Waals surface area contributed by atoms with Gasteiger partial charge in [0, 0.05) is 5.69 Å². The zero-order chi connectivity index (χ0) is 11.6. The highest BCUT2D eigenvalue weighted by molar-refractivity contribution is 6.41. The minimum Gasteiger partial charge on any atom is -0.478 e. The van der Waals surface area contributed by atoms with E-state index < -0.39 is 17.7 Å². The molecular weight excluding hydrogens is 202 g/mol. The maximum atomic E-state index is 11.0. The molecule has 78 valence electrons. The fourth-order valence-electron chi connectivity index (χ4n) is 1.02. The Morgan fingerprint density at radius 3 is 2.13 bits per heavy atom. The summed E-state index contributed by atoms with van der Waals surface area (Å²) in [6, 6.07) is 3.24. The number of hydrogen-bond acceptors (Lipinski definition) is 4. The van der Waals surface area contributed by atoms with Crippen LogP contribution in [0.4, 0.5) is 5.69 Å². The monoisotopic (exact) mass is 209 g/mol. The molecule has 1 aromatic carbocycles. The average Bonchev–Trinajstić information content (AvgIpc) is 2.16. The molecule has 15 heavy (non-hydrogen) atoms. The van der Waals surface area contributed by atoms with Crippen molar-refractivity contribution in [3.8, 4) is 0 Å². The van der Waals surface area contributed by atoms with Gasteiger partial charge in [-0.2, -0.15) is 0 Å². The summed E-state index contributed by atoms with van der Waals surface area (Å²) in [7, 11) is 0. The van der Waals surface area contributed by atoms with Crippen LogP contribution in [0, 0.1) is 0 Å². The van der Waals surface area contributed by atoms with Crippen molar-refractivity contribution < 1.29 is 24.6 Å². The Morgan fingerprint density at radius 2 is 1.73 bits per heavy atom. The van der Waals surface area contributed by atoms with Crippen LogP contribution in [0.2, 0.25) is 0 Å². The van der Waals surface area contributed by atoms with Crippen LogP contribution in [-0.4, -0.2) is 27.9 Å². The van der Waals surface area contributed by atoms with Crippen LogP contribution in [0.3, 0.4) is 0 Å². The van der Waals surface area contributed by atoms with Crippen molar-refractivity contribution in [3.05, 3.63) is 29.3 Å². The van der Waals surface area contributed by atoms with Gasteiger partial charge in [0.05, 0.1) is 11.1 Å². The van der Waals surface area contributed by atoms with Crippen LogP contribution >= 0.6 is 0 Å². The van der Waals surface area contributed by atoms with E-state index in [0.29, 0.717) is 0 Å². The number of aliphatic carboxylic acids is 1. The van der Waals surface area contributed by atoms with Crippen LogP contribution in [0.5, 0.6) is 0 Å². The average molecular weight is 209 g/mol. The number of carboxylic acids is 2. The van der Waals surface area contributed by atoms with Gasteiger partial charge in [0.2, 0.25) is 0 Å². The third kappa shape index (κ3) is 2.11. The number of hydrogen-bond donors (Lipinski definition) is 3. The lowest BCUT2D eigenvalue weighted by Gasteiger charge is -2.02. The Morgan fingerprint density at radius 1 is 1.13 bits per heavy atom. The van der Waals surface area contributed by atoms with Gasteiger partial charge >= 0.3 is 11.9 Å². The SMILES string of the molecule is Nc1cc(C(=O)O)ccc1C(=O)C(=O)O. The van der Waals surface area contributed by atoms with Crippen molar-refractivity contribution in [2.24, 2.45) is 0 Å². The molecule has 1 aromatic rings. The summed E-state index contributed by atoms with van der Waals surface area (Å²) < 4.78 is 0. The number of Topliss-reactive ketones (excluding diaryl/α,β-unsaturated/α-hetero) is 1. The molecular formula is C9H7NO5. The molecule has 1 rings (SSSR count). The van der Waals surface area contributed by atoms with Crippen molar-refractivity contribution in [2.45, 2.75) is 0 Å². The molecule has 6 nitrogen and oxygen atoms in total. The standard InChI is InChI=1S/C9H7NO5/c10-6-3-4(8(12)13)1-2-5(6)7(11)9(14)15/h1-3H,10H2,(H,12,13)(H,14,15). The number of rotatable bonds is 3. The van der Waals surface area contributed by atoms with E-state index in [0.717, 1.165) is 18.2 Å². The smallest absolute Gasteiger partial charge is 0.377 e. The second-order valence-corrected chi connectivity index (χ2v) is 2.74. The first-order valence-electron chi connectivity index (χ1n) is 3.84. The van der Waals surface area contributed by atoms with E-state index in [1.54, 1.807) is 0 Å². The van der Waals surface area contributed by atoms with Crippen LogP contribution in [0.25, 0.3) is 0 Å². The predicted octanol–water partition coefficient (Wildman–Crippen LogP) is 0.234. The maximum Gasteiger partial charge on any atom is 0.377 e. The highest BCUT2D eigenvalue weighted by Gasteiger charge is 2.18. The fraction of sp³-hybridized carbons (Fsp3) is 0. The summed E-state index contributed by atoms with van der Waals surface area (Å²) in [5, 5.41) is 17.0. The molecule has 0 saturated carbocycles. The number of carboxylic acid groups (broad SMARTS) is 2. The molecule has 0 heterocycles. The molecule has 0 atom stereocenters. The lowest BCUT2D eigenvalue weighted by atomic mass is 10.1. The van der Waals surface area contributed by atoms with Crippen LogP contribution in [0.1, 0.15) is 20.7 Å². The van der Waals surface area contributed by atoms with E-state index in [4.69, 9.17) is 15.9 Å². The number of aromatic carboxylic acids is 1. The molecule has 0 aliphatic rings. The molecule has 0 radical (unpaired) electrons. The predicted molar refractivity (Wildman–Crippen MR) is 49.8 cm³/mol. The van der Waals surface area contributed by atoms with Gasteiger partial charge in [-0.25, -0.2) is 9.59 Å². The normalized spacial score (nSPS) is 9.60. The molecule has 0 aliphatic carbocycles. The Kier molecular flexibility index (Phi) is 2.70. The molecule has 6 heteroatoms. The van der Waals surface area contributed by atoms with Gasteiger partial charge in [-0.05, 0) is 18.2 Å². The minimum atomic E-state index is -1.63. The Labute approximate surface area is 83.9 Å². The summed E-state index contributed by atoms with van der Waals surface area (Å²) in [5.74, 6) is -4.00. The number of ketones is 1. The first kappa shape index (κ1) is 10.7. The van der Waals surface area contributed by atoms with Crippen molar-refractivity contribution >= 4 is 23.4 Å². The summed E-state index contributed by atoms with van der Waals surface area (Å²) in [6.45, 7) is 0. The molecule has 4 N–H and O–H groups in total. The molecule has 0 aliphatic heterocycles. The highest BCUT2D eigenvalue weighted by Crippen LogP contribution is 2.15. The van der Waals surface area contributed by atoms with E-state index in [2.05, 4.69) is 0 Å².